The van der Waals surface area contributed by atoms with Crippen LogP contribution in [0.5, 0.6) is 0 Å². The third-order valence-electron chi connectivity index (χ3n) is 3.42. The molecule has 1 aliphatic rings. The highest BCUT2D eigenvalue weighted by Gasteiger charge is 2.36. The maximum absolute atomic E-state index is 12.1. The first-order chi connectivity index (χ1) is 11.2. The molecule has 24 heavy (non-hydrogen) atoms. The zero-order valence-electron chi connectivity index (χ0n) is 13.0. The summed E-state index contributed by atoms with van der Waals surface area (Å²) in [5.74, 6) is -1.25. The predicted octanol–water partition coefficient (Wildman–Crippen LogP) is 3.39. The summed E-state index contributed by atoms with van der Waals surface area (Å²) in [6.07, 6.45) is -0.135. The van der Waals surface area contributed by atoms with Crippen LogP contribution in [-0.4, -0.2) is 34.1 Å². The number of halogens is 3. The van der Waals surface area contributed by atoms with Gasteiger partial charge >= 0.3 is 5.97 Å². The highest BCUT2D eigenvalue weighted by atomic mass is 35.6. The second-order valence-corrected chi connectivity index (χ2v) is 7.62. The Hall–Kier alpha value is -1.27. The molecule has 0 bridgehead atoms. The van der Waals surface area contributed by atoms with Crippen LogP contribution in [0, 0.1) is 0 Å². The smallest absolute Gasteiger partial charge is 0.338 e. The van der Waals surface area contributed by atoms with Crippen LogP contribution in [0.2, 0.25) is 0 Å². The quantitative estimate of drug-likeness (QED) is 0.485. The fourth-order valence-electron chi connectivity index (χ4n) is 2.28. The highest BCUT2D eigenvalue weighted by molar-refractivity contribution is 6.76. The molecule has 2 rings (SSSR count). The van der Waals surface area contributed by atoms with E-state index in [0.717, 1.165) is 5.57 Å². The summed E-state index contributed by atoms with van der Waals surface area (Å²) < 4.78 is 9.00. The summed E-state index contributed by atoms with van der Waals surface area (Å²) in [5.41, 5.74) is 1.25. The molecule has 1 amide bonds. The normalized spacial score (nSPS) is 21.8. The van der Waals surface area contributed by atoms with E-state index in [1.807, 2.05) is 6.07 Å². The third-order valence-corrected chi connectivity index (χ3v) is 3.93. The molecule has 0 aliphatic carbocycles. The average Bonchev–Trinajstić information content (AvgIpc) is 2.87. The van der Waals surface area contributed by atoms with Crippen molar-refractivity contribution in [3.05, 3.63) is 47.5 Å². The Morgan fingerprint density at radius 2 is 1.88 bits per heavy atom. The van der Waals surface area contributed by atoms with Gasteiger partial charge < -0.3 is 14.8 Å². The van der Waals surface area contributed by atoms with Crippen molar-refractivity contribution < 1.29 is 19.1 Å². The van der Waals surface area contributed by atoms with Gasteiger partial charge in [0.05, 0.1) is 5.56 Å². The highest BCUT2D eigenvalue weighted by Crippen LogP contribution is 2.28. The van der Waals surface area contributed by atoms with E-state index in [0.29, 0.717) is 5.56 Å². The van der Waals surface area contributed by atoms with E-state index in [-0.39, 0.29) is 0 Å². The number of esters is 1. The van der Waals surface area contributed by atoms with E-state index in [4.69, 9.17) is 44.3 Å². The van der Waals surface area contributed by atoms with Crippen molar-refractivity contribution >= 4 is 46.7 Å². The Kier molecular flexibility index (Phi) is 6.15. The van der Waals surface area contributed by atoms with Gasteiger partial charge in [-0.3, -0.25) is 4.79 Å². The molecule has 8 heteroatoms. The van der Waals surface area contributed by atoms with E-state index in [1.165, 1.54) is 0 Å². The first-order valence-corrected chi connectivity index (χ1v) is 8.29. The molecule has 0 saturated heterocycles. The van der Waals surface area contributed by atoms with Gasteiger partial charge in [-0.25, -0.2) is 4.79 Å². The minimum absolute atomic E-state index is 0.449. The van der Waals surface area contributed by atoms with Crippen molar-refractivity contribution in [2.45, 2.75) is 36.1 Å². The van der Waals surface area contributed by atoms with Crippen molar-refractivity contribution in [1.82, 2.24) is 5.32 Å². The van der Waals surface area contributed by atoms with Crippen LogP contribution in [0.4, 0.5) is 0 Å². The van der Waals surface area contributed by atoms with Crippen LogP contribution in [0.25, 0.3) is 0 Å². The number of ether oxygens (including phenoxy) is 2. The summed E-state index contributed by atoms with van der Waals surface area (Å²) in [7, 11) is 0. The molecular formula is C16H16Cl3NO4. The second kappa shape index (κ2) is 7.74. The Labute approximate surface area is 154 Å². The number of carbonyl (C=O) groups excluding carboxylic acids is 2. The number of benzene rings is 1. The van der Waals surface area contributed by atoms with E-state index in [9.17, 15) is 9.59 Å². The largest absolute Gasteiger partial charge is 0.456 e. The molecule has 0 radical (unpaired) electrons. The van der Waals surface area contributed by atoms with Gasteiger partial charge in [0.2, 0.25) is 0 Å². The molecule has 1 N–H and O–H groups in total. The monoisotopic (exact) mass is 391 g/mol. The van der Waals surface area contributed by atoms with Crippen LogP contribution in [0.15, 0.2) is 42.0 Å². The lowest BCUT2D eigenvalue weighted by molar-refractivity contribution is -0.125. The minimum atomic E-state index is -2.07. The summed E-state index contributed by atoms with van der Waals surface area (Å²) in [4.78, 5) is 23.8. The number of rotatable bonds is 4. The van der Waals surface area contributed by atoms with Crippen LogP contribution >= 0.6 is 34.8 Å². The van der Waals surface area contributed by atoms with Gasteiger partial charge in [-0.15, -0.1) is 0 Å². The summed E-state index contributed by atoms with van der Waals surface area (Å²) in [6, 6.07) is 8.64. The van der Waals surface area contributed by atoms with E-state index in [2.05, 4.69) is 5.32 Å². The van der Waals surface area contributed by atoms with Gasteiger partial charge in [-0.1, -0.05) is 53.0 Å². The van der Waals surface area contributed by atoms with Gasteiger partial charge in [-0.05, 0) is 37.6 Å². The molecule has 0 fully saturated rings. The minimum Gasteiger partial charge on any atom is -0.456 e. The molecule has 0 aromatic heterocycles. The average molecular weight is 393 g/mol. The van der Waals surface area contributed by atoms with Crippen LogP contribution < -0.4 is 5.32 Å². The lowest BCUT2D eigenvalue weighted by Crippen LogP contribution is -2.42. The third kappa shape index (κ3) is 4.86. The second-order valence-electron chi connectivity index (χ2n) is 5.34. The van der Waals surface area contributed by atoms with Gasteiger partial charge in [0.1, 0.15) is 12.2 Å². The molecule has 0 spiro atoms. The molecule has 1 unspecified atom stereocenters. The zero-order chi connectivity index (χ0) is 17.9. The van der Waals surface area contributed by atoms with Crippen molar-refractivity contribution in [1.29, 1.82) is 0 Å². The lowest BCUT2D eigenvalue weighted by Gasteiger charge is -2.23. The van der Waals surface area contributed by atoms with Crippen LogP contribution in [0.1, 0.15) is 24.2 Å². The fourth-order valence-corrected chi connectivity index (χ4v) is 2.44. The summed E-state index contributed by atoms with van der Waals surface area (Å²) >= 11 is 16.5. The number of nitrogens with one attached hydrogen (secondary N) is 1. The Balaban J connectivity index is 1.94. The lowest BCUT2D eigenvalue weighted by atomic mass is 10.1. The Morgan fingerprint density at radius 1 is 1.25 bits per heavy atom. The van der Waals surface area contributed by atoms with Crippen LogP contribution in [-0.2, 0) is 14.3 Å². The van der Waals surface area contributed by atoms with Gasteiger partial charge in [0, 0.05) is 0 Å². The predicted molar refractivity (Wildman–Crippen MR) is 92.2 cm³/mol. The first-order valence-electron chi connectivity index (χ1n) is 7.16. The zero-order valence-corrected chi connectivity index (χ0v) is 15.2. The fraction of sp³-hybridized carbons (Fsp3) is 0.375. The molecule has 1 aromatic rings. The van der Waals surface area contributed by atoms with E-state index in [1.54, 1.807) is 44.2 Å². The van der Waals surface area contributed by atoms with E-state index < -0.39 is 34.1 Å². The number of carbonyl (C=O) groups is 2. The topological polar surface area (TPSA) is 64.6 Å². The van der Waals surface area contributed by atoms with E-state index >= 15 is 0 Å². The summed E-state index contributed by atoms with van der Waals surface area (Å²) in [6.45, 7) is 3.51. The molecule has 1 heterocycles. The van der Waals surface area contributed by atoms with Gasteiger partial charge in [-0.2, -0.15) is 0 Å². The number of amides is 1. The maximum atomic E-state index is 12.1. The molecular weight excluding hydrogens is 377 g/mol. The SMILES string of the molecule is CC1=C[C@H](NC(=O)C(Cl)(Cl)Cl)O[C@@H]1C(C)OC(=O)c1ccccc1. The number of hydrogen-bond donors (Lipinski definition) is 1. The first kappa shape index (κ1) is 19.1. The van der Waals surface area contributed by atoms with Gasteiger partial charge in [0.25, 0.3) is 9.70 Å². The molecule has 1 aliphatic heterocycles. The molecule has 1 aromatic carbocycles. The van der Waals surface area contributed by atoms with Crippen molar-refractivity contribution in [3.63, 3.8) is 0 Å². The Bertz CT molecular complexity index is 642. The van der Waals surface area contributed by atoms with Crippen molar-refractivity contribution in [2.24, 2.45) is 0 Å². The van der Waals surface area contributed by atoms with Crippen LogP contribution in [0.3, 0.4) is 0 Å². The van der Waals surface area contributed by atoms with Crippen molar-refractivity contribution in [2.75, 3.05) is 0 Å². The van der Waals surface area contributed by atoms with Crippen molar-refractivity contribution in [3.8, 4) is 0 Å². The number of alkyl halides is 3. The number of hydrogen-bond acceptors (Lipinski definition) is 4. The molecule has 5 nitrogen and oxygen atoms in total. The Morgan fingerprint density at radius 3 is 2.46 bits per heavy atom. The maximum Gasteiger partial charge on any atom is 0.338 e. The molecule has 130 valence electrons. The standard InChI is InChI=1S/C16H16Cl3NO4/c1-9-8-12(20-15(22)16(17,18)19)24-13(9)10(2)23-14(21)11-6-4-3-5-7-11/h3-8,10,12-13H,1-2H3,(H,20,22)/t10?,12-,13+/m1/s1. The summed E-state index contributed by atoms with van der Waals surface area (Å²) in [5, 5.41) is 2.45. The molecule has 0 saturated carbocycles. The van der Waals surface area contributed by atoms with Gasteiger partial charge in [0.15, 0.2) is 6.23 Å². The molecule has 3 atom stereocenters.